The molecule has 0 spiro atoms. The Hall–Kier alpha value is -1.76. The summed E-state index contributed by atoms with van der Waals surface area (Å²) < 4.78 is 0. The first-order valence-corrected chi connectivity index (χ1v) is 3.92. The summed E-state index contributed by atoms with van der Waals surface area (Å²) in [7, 11) is 0. The van der Waals surface area contributed by atoms with Gasteiger partial charge >= 0.3 is 0 Å². The zero-order chi connectivity index (χ0) is 9.84. The number of carbonyl (C=O) groups is 1. The molecule has 1 amide bonds. The van der Waals surface area contributed by atoms with Crippen LogP contribution in [0, 0.1) is 19.3 Å². The Morgan fingerprint density at radius 2 is 2.54 bits per heavy atom. The van der Waals surface area contributed by atoms with Gasteiger partial charge in [0, 0.05) is 0 Å². The molecule has 0 fully saturated rings. The molecule has 1 rings (SSSR count). The Balaban J connectivity index is 2.71. The number of rotatable bonds is 2. The van der Waals surface area contributed by atoms with Gasteiger partial charge in [0.1, 0.15) is 5.69 Å². The molecule has 68 valence electrons. The number of hydrogen-bond donors (Lipinski definition) is 2. The lowest BCUT2D eigenvalue weighted by Gasteiger charge is -2.05. The standard InChI is InChI=1S/C9H11N3O/c1-4-7(3)11-9(13)8-6(2)5-10-12-8/h1,5,7H,2-3H3,(H,10,12)(H,11,13). The molecule has 1 unspecified atom stereocenters. The minimum atomic E-state index is -0.268. The van der Waals surface area contributed by atoms with Crippen molar-refractivity contribution >= 4 is 5.91 Å². The third-order valence-electron chi connectivity index (χ3n) is 1.65. The van der Waals surface area contributed by atoms with Crippen LogP contribution in [0.1, 0.15) is 23.0 Å². The van der Waals surface area contributed by atoms with Gasteiger partial charge in [-0.3, -0.25) is 9.89 Å². The van der Waals surface area contributed by atoms with E-state index in [9.17, 15) is 4.79 Å². The Morgan fingerprint density at radius 3 is 3.00 bits per heavy atom. The van der Waals surface area contributed by atoms with Crippen molar-refractivity contribution in [2.75, 3.05) is 0 Å². The average Bonchev–Trinajstić information content (AvgIpc) is 2.51. The summed E-state index contributed by atoms with van der Waals surface area (Å²) in [6.07, 6.45) is 6.71. The van der Waals surface area contributed by atoms with Gasteiger partial charge in [-0.2, -0.15) is 5.10 Å². The van der Waals surface area contributed by atoms with Crippen LogP contribution in [0.25, 0.3) is 0 Å². The third kappa shape index (κ3) is 2.09. The molecule has 4 nitrogen and oxygen atoms in total. The van der Waals surface area contributed by atoms with Crippen LogP contribution in [-0.4, -0.2) is 22.1 Å². The van der Waals surface area contributed by atoms with Crippen molar-refractivity contribution in [2.45, 2.75) is 19.9 Å². The Labute approximate surface area is 76.7 Å². The van der Waals surface area contributed by atoms with Crippen molar-refractivity contribution < 1.29 is 4.79 Å². The highest BCUT2D eigenvalue weighted by atomic mass is 16.2. The lowest BCUT2D eigenvalue weighted by molar-refractivity contribution is 0.0942. The first-order valence-electron chi connectivity index (χ1n) is 3.92. The van der Waals surface area contributed by atoms with Crippen LogP contribution >= 0.6 is 0 Å². The minimum absolute atomic E-state index is 0.222. The van der Waals surface area contributed by atoms with Crippen LogP contribution in [-0.2, 0) is 0 Å². The molecule has 13 heavy (non-hydrogen) atoms. The van der Waals surface area contributed by atoms with Crippen LogP contribution in [0.4, 0.5) is 0 Å². The number of aryl methyl sites for hydroxylation is 1. The molecule has 2 N–H and O–H groups in total. The van der Waals surface area contributed by atoms with E-state index in [0.717, 1.165) is 5.56 Å². The van der Waals surface area contributed by atoms with Crippen molar-refractivity contribution in [1.29, 1.82) is 0 Å². The van der Waals surface area contributed by atoms with Crippen molar-refractivity contribution in [3.63, 3.8) is 0 Å². The maximum atomic E-state index is 11.4. The first-order chi connectivity index (χ1) is 6.15. The second-order valence-corrected chi connectivity index (χ2v) is 2.79. The second-order valence-electron chi connectivity index (χ2n) is 2.79. The summed E-state index contributed by atoms with van der Waals surface area (Å²) in [4.78, 5) is 11.4. The Kier molecular flexibility index (Phi) is 2.70. The van der Waals surface area contributed by atoms with E-state index in [1.165, 1.54) is 0 Å². The normalized spacial score (nSPS) is 11.8. The van der Waals surface area contributed by atoms with E-state index in [1.807, 2.05) is 0 Å². The highest BCUT2D eigenvalue weighted by molar-refractivity contribution is 5.93. The van der Waals surface area contributed by atoms with E-state index in [1.54, 1.807) is 20.0 Å². The predicted molar refractivity (Wildman–Crippen MR) is 49.1 cm³/mol. The average molecular weight is 177 g/mol. The van der Waals surface area contributed by atoms with Crippen LogP contribution in [0.3, 0.4) is 0 Å². The highest BCUT2D eigenvalue weighted by Crippen LogP contribution is 2.01. The fraction of sp³-hybridized carbons (Fsp3) is 0.333. The van der Waals surface area contributed by atoms with Gasteiger partial charge in [0.05, 0.1) is 12.2 Å². The molecule has 0 radical (unpaired) electrons. The first kappa shape index (κ1) is 9.33. The maximum absolute atomic E-state index is 11.4. The van der Waals surface area contributed by atoms with Gasteiger partial charge in [-0.25, -0.2) is 0 Å². The number of aromatic nitrogens is 2. The summed E-state index contributed by atoms with van der Waals surface area (Å²) in [6, 6.07) is -0.268. The van der Waals surface area contributed by atoms with E-state index in [2.05, 4.69) is 21.4 Å². The van der Waals surface area contributed by atoms with Crippen LogP contribution in [0.5, 0.6) is 0 Å². The molecule has 0 bridgehead atoms. The number of terminal acetylenes is 1. The quantitative estimate of drug-likeness (QED) is 0.645. The fourth-order valence-electron chi connectivity index (χ4n) is 0.887. The van der Waals surface area contributed by atoms with Crippen molar-refractivity contribution in [2.24, 2.45) is 0 Å². The van der Waals surface area contributed by atoms with Gasteiger partial charge in [0.25, 0.3) is 5.91 Å². The monoisotopic (exact) mass is 177 g/mol. The molecule has 4 heteroatoms. The lowest BCUT2D eigenvalue weighted by Crippen LogP contribution is -2.31. The van der Waals surface area contributed by atoms with E-state index >= 15 is 0 Å². The Bertz CT molecular complexity index is 348. The molecule has 0 aliphatic rings. The maximum Gasteiger partial charge on any atom is 0.270 e. The van der Waals surface area contributed by atoms with Crippen molar-refractivity contribution in [1.82, 2.24) is 15.5 Å². The molecular weight excluding hydrogens is 166 g/mol. The largest absolute Gasteiger partial charge is 0.337 e. The van der Waals surface area contributed by atoms with Crippen LogP contribution in [0.2, 0.25) is 0 Å². The van der Waals surface area contributed by atoms with E-state index in [4.69, 9.17) is 6.42 Å². The van der Waals surface area contributed by atoms with Gasteiger partial charge in [-0.05, 0) is 19.4 Å². The van der Waals surface area contributed by atoms with Gasteiger partial charge in [0.2, 0.25) is 0 Å². The summed E-state index contributed by atoms with van der Waals surface area (Å²) in [6.45, 7) is 3.54. The molecule has 1 heterocycles. The van der Waals surface area contributed by atoms with E-state index in [0.29, 0.717) is 5.69 Å². The molecule has 0 aliphatic carbocycles. The number of aromatic amines is 1. The number of nitrogens with zero attached hydrogens (tertiary/aromatic N) is 1. The third-order valence-corrected chi connectivity index (χ3v) is 1.65. The number of nitrogens with one attached hydrogen (secondary N) is 2. The van der Waals surface area contributed by atoms with Gasteiger partial charge in [0.15, 0.2) is 0 Å². The summed E-state index contributed by atoms with van der Waals surface area (Å²) >= 11 is 0. The molecule has 1 atom stereocenters. The summed E-state index contributed by atoms with van der Waals surface area (Å²) in [5, 5.41) is 8.97. The van der Waals surface area contributed by atoms with E-state index in [-0.39, 0.29) is 11.9 Å². The Morgan fingerprint density at radius 1 is 1.85 bits per heavy atom. The molecular formula is C9H11N3O. The topological polar surface area (TPSA) is 57.8 Å². The number of hydrogen-bond acceptors (Lipinski definition) is 2. The fourth-order valence-corrected chi connectivity index (χ4v) is 0.887. The zero-order valence-corrected chi connectivity index (χ0v) is 7.59. The van der Waals surface area contributed by atoms with E-state index < -0.39 is 0 Å². The van der Waals surface area contributed by atoms with Crippen LogP contribution < -0.4 is 5.32 Å². The second kappa shape index (κ2) is 3.76. The number of H-pyrrole nitrogens is 1. The molecule has 0 aromatic carbocycles. The summed E-state index contributed by atoms with van der Waals surface area (Å²) in [5.41, 5.74) is 1.27. The number of carbonyl (C=O) groups excluding carboxylic acids is 1. The molecule has 0 saturated carbocycles. The molecule has 0 saturated heterocycles. The van der Waals surface area contributed by atoms with Gasteiger partial charge in [-0.1, -0.05) is 5.92 Å². The minimum Gasteiger partial charge on any atom is -0.337 e. The van der Waals surface area contributed by atoms with Crippen molar-refractivity contribution in [3.8, 4) is 12.3 Å². The van der Waals surface area contributed by atoms with Crippen LogP contribution in [0.15, 0.2) is 6.20 Å². The molecule has 0 aliphatic heterocycles. The van der Waals surface area contributed by atoms with Gasteiger partial charge < -0.3 is 5.32 Å². The zero-order valence-electron chi connectivity index (χ0n) is 7.59. The number of amides is 1. The lowest BCUT2D eigenvalue weighted by atomic mass is 10.2. The van der Waals surface area contributed by atoms with Gasteiger partial charge in [-0.15, -0.1) is 6.42 Å². The van der Waals surface area contributed by atoms with Crippen molar-refractivity contribution in [3.05, 3.63) is 17.5 Å². The predicted octanol–water partition coefficient (Wildman–Crippen LogP) is 0.470. The smallest absolute Gasteiger partial charge is 0.270 e. The molecule has 1 aromatic rings. The molecule has 1 aromatic heterocycles. The SMILES string of the molecule is C#CC(C)NC(=O)c1[nH]ncc1C. The summed E-state index contributed by atoms with van der Waals surface area (Å²) in [5.74, 6) is 2.19. The highest BCUT2D eigenvalue weighted by Gasteiger charge is 2.11.